The third-order valence-electron chi connectivity index (χ3n) is 2.07. The molecule has 0 amide bonds. The molecule has 0 saturated heterocycles. The predicted molar refractivity (Wildman–Crippen MR) is 60.6 cm³/mol. The Kier molecular flexibility index (Phi) is 3.82. The molecule has 0 spiro atoms. The highest BCUT2D eigenvalue weighted by atomic mass is 35.5. The van der Waals surface area contributed by atoms with Crippen molar-refractivity contribution in [3.8, 4) is 11.5 Å². The number of halogens is 6. The summed E-state index contributed by atoms with van der Waals surface area (Å²) in [6.07, 6.45) is 0. The topological polar surface area (TPSA) is 22.1 Å². The van der Waals surface area contributed by atoms with Gasteiger partial charge in [-0.15, -0.1) is 0 Å². The summed E-state index contributed by atoms with van der Waals surface area (Å²) in [7, 11) is 0. The Hall–Kier alpha value is -1.53. The quantitative estimate of drug-likeness (QED) is 0.590. The summed E-state index contributed by atoms with van der Waals surface area (Å²) < 4.78 is 57.0. The van der Waals surface area contributed by atoms with Crippen molar-refractivity contribution in [2.24, 2.45) is 0 Å². The van der Waals surface area contributed by atoms with Gasteiger partial charge in [0, 0.05) is 6.07 Å². The van der Waals surface area contributed by atoms with E-state index in [4.69, 9.17) is 27.9 Å². The second-order valence-electron chi connectivity index (χ2n) is 3.33. The maximum absolute atomic E-state index is 13.3. The molecular weight excluding hydrogens is 309 g/mol. The first-order valence-electron chi connectivity index (χ1n) is 4.73. The second kappa shape index (κ2) is 5.22. The average molecular weight is 312 g/mol. The van der Waals surface area contributed by atoms with Crippen LogP contribution in [0.15, 0.2) is 18.2 Å². The van der Waals surface area contributed by atoms with Crippen LogP contribution in [0.3, 0.4) is 0 Å². The van der Waals surface area contributed by atoms with Gasteiger partial charge in [-0.05, 0) is 12.1 Å². The number of rotatable bonds is 2. The molecule has 0 bridgehead atoms. The highest BCUT2D eigenvalue weighted by molar-refractivity contribution is 6.42. The molecule has 2 rings (SSSR count). The minimum Gasteiger partial charge on any atom is -0.451 e. The van der Waals surface area contributed by atoms with Crippen LogP contribution in [0.25, 0.3) is 0 Å². The first kappa shape index (κ1) is 13.9. The summed E-state index contributed by atoms with van der Waals surface area (Å²) in [6.45, 7) is 0. The van der Waals surface area contributed by atoms with Gasteiger partial charge in [0.2, 0.25) is 17.4 Å². The fourth-order valence-electron chi connectivity index (χ4n) is 1.22. The van der Waals surface area contributed by atoms with Gasteiger partial charge < -0.3 is 4.74 Å². The lowest BCUT2D eigenvalue weighted by molar-refractivity contribution is 0.343. The number of hydrogen-bond acceptors (Lipinski definition) is 2. The van der Waals surface area contributed by atoms with E-state index in [1.54, 1.807) is 0 Å². The molecule has 0 N–H and O–H groups in total. The van der Waals surface area contributed by atoms with Crippen molar-refractivity contribution >= 4 is 23.2 Å². The maximum atomic E-state index is 13.3. The number of ether oxygens (including phenoxy) is 1. The zero-order valence-corrected chi connectivity index (χ0v) is 10.4. The van der Waals surface area contributed by atoms with E-state index in [0.717, 1.165) is 6.07 Å². The van der Waals surface area contributed by atoms with Gasteiger partial charge in [-0.3, -0.25) is 0 Å². The Morgan fingerprint density at radius 2 is 1.47 bits per heavy atom. The Bertz CT molecular complexity index is 625. The van der Waals surface area contributed by atoms with Gasteiger partial charge in [0.1, 0.15) is 5.75 Å². The zero-order chi connectivity index (χ0) is 14.2. The summed E-state index contributed by atoms with van der Waals surface area (Å²) in [6, 6.07) is 3.66. The molecule has 1 heterocycles. The molecule has 0 aliphatic heterocycles. The third-order valence-corrected chi connectivity index (χ3v) is 2.81. The summed E-state index contributed by atoms with van der Waals surface area (Å²) >= 11 is 11.3. The molecule has 2 aromatic rings. The van der Waals surface area contributed by atoms with Gasteiger partial charge in [0.15, 0.2) is 0 Å². The van der Waals surface area contributed by atoms with Crippen LogP contribution in [0.4, 0.5) is 17.6 Å². The SMILES string of the molecule is Fc1nc(F)c(F)c(Oc2ccc(Cl)c(Cl)c2)c1F. The number of aromatic nitrogens is 1. The van der Waals surface area contributed by atoms with Crippen molar-refractivity contribution in [1.82, 2.24) is 4.98 Å². The molecule has 0 radical (unpaired) electrons. The first-order chi connectivity index (χ1) is 8.90. The van der Waals surface area contributed by atoms with Gasteiger partial charge in [0.25, 0.3) is 11.9 Å². The number of hydrogen-bond donors (Lipinski definition) is 0. The van der Waals surface area contributed by atoms with E-state index >= 15 is 0 Å². The number of benzene rings is 1. The molecule has 0 atom stereocenters. The minimum absolute atomic E-state index is 0.0509. The summed E-state index contributed by atoms with van der Waals surface area (Å²) in [5, 5.41) is 0.233. The summed E-state index contributed by atoms with van der Waals surface area (Å²) in [5.41, 5.74) is 0. The van der Waals surface area contributed by atoms with Crippen molar-refractivity contribution < 1.29 is 22.3 Å². The Balaban J connectivity index is 2.46. The average Bonchev–Trinajstić information content (AvgIpc) is 2.36. The van der Waals surface area contributed by atoms with Crippen LogP contribution in [0, 0.1) is 23.5 Å². The molecule has 0 unspecified atom stereocenters. The Labute approximate surface area is 114 Å². The van der Waals surface area contributed by atoms with Gasteiger partial charge >= 0.3 is 0 Å². The number of nitrogens with zero attached hydrogens (tertiary/aromatic N) is 1. The van der Waals surface area contributed by atoms with Crippen molar-refractivity contribution in [3.63, 3.8) is 0 Å². The van der Waals surface area contributed by atoms with E-state index < -0.39 is 29.3 Å². The largest absolute Gasteiger partial charge is 0.451 e. The fraction of sp³-hybridized carbons (Fsp3) is 0. The van der Waals surface area contributed by atoms with Gasteiger partial charge in [-0.2, -0.15) is 22.5 Å². The van der Waals surface area contributed by atoms with Crippen LogP contribution >= 0.6 is 23.2 Å². The molecule has 19 heavy (non-hydrogen) atoms. The molecule has 100 valence electrons. The van der Waals surface area contributed by atoms with Crippen molar-refractivity contribution in [2.45, 2.75) is 0 Å². The van der Waals surface area contributed by atoms with Crippen molar-refractivity contribution in [1.29, 1.82) is 0 Å². The zero-order valence-electron chi connectivity index (χ0n) is 8.86. The molecule has 0 saturated carbocycles. The third kappa shape index (κ3) is 2.74. The lowest BCUT2D eigenvalue weighted by Gasteiger charge is -2.09. The smallest absolute Gasteiger partial charge is 0.255 e. The highest BCUT2D eigenvalue weighted by Crippen LogP contribution is 2.32. The van der Waals surface area contributed by atoms with E-state index in [1.165, 1.54) is 12.1 Å². The molecule has 1 aromatic heterocycles. The molecule has 0 fully saturated rings. The predicted octanol–water partition coefficient (Wildman–Crippen LogP) is 4.74. The molecule has 0 aliphatic rings. The monoisotopic (exact) mass is 311 g/mol. The van der Waals surface area contributed by atoms with Crippen LogP contribution in [0.2, 0.25) is 10.0 Å². The van der Waals surface area contributed by atoms with E-state index in [9.17, 15) is 17.6 Å². The second-order valence-corrected chi connectivity index (χ2v) is 4.14. The van der Waals surface area contributed by atoms with E-state index in [2.05, 4.69) is 4.98 Å². The Morgan fingerprint density at radius 3 is 2.00 bits per heavy atom. The van der Waals surface area contributed by atoms with Crippen molar-refractivity contribution in [2.75, 3.05) is 0 Å². The highest BCUT2D eigenvalue weighted by Gasteiger charge is 2.23. The van der Waals surface area contributed by atoms with Crippen molar-refractivity contribution in [3.05, 3.63) is 51.8 Å². The molecule has 0 aliphatic carbocycles. The maximum Gasteiger partial charge on any atom is 0.255 e. The van der Waals surface area contributed by atoms with E-state index in [-0.39, 0.29) is 15.8 Å². The van der Waals surface area contributed by atoms with Crippen LogP contribution in [-0.2, 0) is 0 Å². The number of pyridine rings is 1. The minimum atomic E-state index is -1.81. The standard InChI is InChI=1S/C11H3Cl2F4NO/c12-5-2-1-4(3-6(5)13)19-9-7(14)10(16)18-11(17)8(9)15/h1-3H. The lowest BCUT2D eigenvalue weighted by Crippen LogP contribution is -2.03. The van der Waals surface area contributed by atoms with Crippen LogP contribution in [0.5, 0.6) is 11.5 Å². The first-order valence-corrected chi connectivity index (χ1v) is 5.48. The molecule has 8 heteroatoms. The molecule has 1 aromatic carbocycles. The Morgan fingerprint density at radius 1 is 0.895 bits per heavy atom. The molecule has 2 nitrogen and oxygen atoms in total. The lowest BCUT2D eigenvalue weighted by atomic mass is 10.3. The van der Waals surface area contributed by atoms with Gasteiger partial charge in [-0.1, -0.05) is 23.2 Å². The van der Waals surface area contributed by atoms with Crippen LogP contribution in [0.1, 0.15) is 0 Å². The molecular formula is C11H3Cl2F4NO. The van der Waals surface area contributed by atoms with E-state index in [0.29, 0.717) is 0 Å². The summed E-state index contributed by atoms with van der Waals surface area (Å²) in [5.74, 6) is -8.50. The summed E-state index contributed by atoms with van der Waals surface area (Å²) in [4.78, 5) is 2.40. The van der Waals surface area contributed by atoms with Crippen LogP contribution in [-0.4, -0.2) is 4.98 Å². The van der Waals surface area contributed by atoms with Gasteiger partial charge in [0.05, 0.1) is 10.0 Å². The normalized spacial score (nSPS) is 10.6. The van der Waals surface area contributed by atoms with Gasteiger partial charge in [-0.25, -0.2) is 0 Å². The van der Waals surface area contributed by atoms with E-state index in [1.807, 2.05) is 0 Å². The fourth-order valence-corrected chi connectivity index (χ4v) is 1.50. The van der Waals surface area contributed by atoms with Crippen LogP contribution < -0.4 is 4.74 Å².